The van der Waals surface area contributed by atoms with Gasteiger partial charge in [-0.15, -0.1) is 0 Å². The van der Waals surface area contributed by atoms with Gasteiger partial charge in [0.15, 0.2) is 11.5 Å². The number of aliphatic carboxylic acids is 2. The highest BCUT2D eigenvalue weighted by atomic mass is 16.7. The highest BCUT2D eigenvalue weighted by Crippen LogP contribution is 2.36. The number of carbonyl (C=O) groups is 2. The Morgan fingerprint density at radius 2 is 1.42 bits per heavy atom. The topological polar surface area (TPSA) is 140 Å². The van der Waals surface area contributed by atoms with Gasteiger partial charge in [0.25, 0.3) is 0 Å². The minimum atomic E-state index is -1.82. The molecule has 0 saturated heterocycles. The molecule has 9 heteroatoms. The molecule has 2 aliphatic heterocycles. The van der Waals surface area contributed by atoms with Crippen molar-refractivity contribution in [2.24, 2.45) is 0 Å². The van der Waals surface area contributed by atoms with Gasteiger partial charge in [-0.25, -0.2) is 9.59 Å². The predicted molar refractivity (Wildman–Crippen MR) is 137 cm³/mol. The zero-order valence-electron chi connectivity index (χ0n) is 19.5. The Morgan fingerprint density at radius 1 is 0.833 bits per heavy atom. The molecule has 36 heavy (non-hydrogen) atoms. The third kappa shape index (κ3) is 6.41. The number of anilines is 2. The highest BCUT2D eigenvalue weighted by molar-refractivity contribution is 6.27. The number of nitrogens with one attached hydrogen (secondary N) is 1. The second-order valence-corrected chi connectivity index (χ2v) is 7.93. The molecule has 0 spiro atoms. The Balaban J connectivity index is 0.000000464. The molecular weight excluding hydrogens is 464 g/mol. The zero-order chi connectivity index (χ0) is 24.6. The van der Waals surface area contributed by atoms with Crippen molar-refractivity contribution in [2.45, 2.75) is 13.0 Å². The first-order chi connectivity index (χ1) is 17.0. The molecule has 9 nitrogen and oxygen atoms in total. The van der Waals surface area contributed by atoms with E-state index in [1.54, 1.807) is 0 Å². The van der Waals surface area contributed by atoms with Gasteiger partial charge in [-0.3, -0.25) is 0 Å². The summed E-state index contributed by atoms with van der Waals surface area (Å²) in [5, 5.41) is 18.3. The minimum Gasteiger partial charge on any atom is -0.473 e. The third-order valence-electron chi connectivity index (χ3n) is 5.58. The van der Waals surface area contributed by atoms with Crippen LogP contribution in [0.25, 0.3) is 12.2 Å². The number of carboxylic acid groups (broad SMARTS) is 2. The quantitative estimate of drug-likeness (QED) is 0.351. The van der Waals surface area contributed by atoms with E-state index in [0.717, 1.165) is 37.6 Å². The molecule has 3 aromatic carbocycles. The van der Waals surface area contributed by atoms with Crippen LogP contribution in [-0.4, -0.2) is 47.5 Å². The lowest BCUT2D eigenvalue weighted by Crippen LogP contribution is -2.24. The Morgan fingerprint density at radius 3 is 2.03 bits per heavy atom. The number of fused-ring (bicyclic) bond motifs is 3. The molecule has 0 saturated carbocycles. The lowest BCUT2D eigenvalue weighted by Gasteiger charge is -2.27. The number of rotatable bonds is 6. The Hall–Kier alpha value is -4.34. The van der Waals surface area contributed by atoms with Crippen LogP contribution < -0.4 is 19.7 Å². The van der Waals surface area contributed by atoms with Gasteiger partial charge in [0.2, 0.25) is 6.79 Å². The van der Waals surface area contributed by atoms with Crippen molar-refractivity contribution in [1.82, 2.24) is 5.32 Å². The maximum atomic E-state index is 9.10. The zero-order valence-corrected chi connectivity index (χ0v) is 19.5. The number of ether oxygens (including phenoxy) is 2. The summed E-state index contributed by atoms with van der Waals surface area (Å²) in [6, 6.07) is 23.4. The molecule has 0 aliphatic carbocycles. The highest BCUT2D eigenvalue weighted by Gasteiger charge is 2.17. The molecule has 5 rings (SSSR count). The van der Waals surface area contributed by atoms with Gasteiger partial charge >= 0.3 is 11.9 Å². The first-order valence-corrected chi connectivity index (χ1v) is 11.2. The number of nitrogens with zero attached hydrogens (tertiary/aromatic N) is 1. The fourth-order valence-electron chi connectivity index (χ4n) is 3.94. The molecule has 0 unspecified atom stereocenters. The number of hydrogen-bond donors (Lipinski definition) is 3. The van der Waals surface area contributed by atoms with Crippen molar-refractivity contribution in [3.8, 4) is 11.5 Å². The number of benzene rings is 3. The predicted octanol–water partition coefficient (Wildman–Crippen LogP) is 3.55. The van der Waals surface area contributed by atoms with Gasteiger partial charge in [-0.1, -0.05) is 54.6 Å². The summed E-state index contributed by atoms with van der Waals surface area (Å²) in [5.41, 5.74) is 6.27. The van der Waals surface area contributed by atoms with Crippen molar-refractivity contribution in [1.29, 1.82) is 0 Å². The summed E-state index contributed by atoms with van der Waals surface area (Å²) in [5.74, 6) is -1.97. The van der Waals surface area contributed by atoms with Crippen LogP contribution in [0.15, 0.2) is 66.7 Å². The van der Waals surface area contributed by atoms with Crippen LogP contribution in [0.1, 0.15) is 23.1 Å². The first kappa shape index (κ1) is 26.3. The Kier molecular flexibility index (Phi) is 9.04. The summed E-state index contributed by atoms with van der Waals surface area (Å²) in [4.78, 5) is 20.6. The lowest BCUT2D eigenvalue weighted by atomic mass is 10.1. The minimum absolute atomic E-state index is 0. The Labute approximate surface area is 208 Å². The SMILES string of the molecule is C1=Cc2ccccc2N(CCCNCc2ccc3c(c2)OCO3)c2ccccc21.O.O=C(O)C(=O)O. The average Bonchev–Trinajstić information content (AvgIpc) is 3.27. The summed E-state index contributed by atoms with van der Waals surface area (Å²) in [7, 11) is 0. The van der Waals surface area contributed by atoms with Gasteiger partial charge in [0.1, 0.15) is 0 Å². The molecule has 3 aromatic rings. The van der Waals surface area contributed by atoms with Crippen LogP contribution in [-0.2, 0) is 16.1 Å². The van der Waals surface area contributed by atoms with Crippen LogP contribution in [0.4, 0.5) is 11.4 Å². The molecule has 0 aromatic heterocycles. The van der Waals surface area contributed by atoms with Gasteiger partial charge < -0.3 is 35.4 Å². The smallest absolute Gasteiger partial charge is 0.414 e. The molecule has 0 bridgehead atoms. The van der Waals surface area contributed by atoms with Crippen LogP contribution in [0.5, 0.6) is 11.5 Å². The van der Waals surface area contributed by atoms with Gasteiger partial charge in [0.05, 0.1) is 0 Å². The monoisotopic (exact) mass is 492 g/mol. The van der Waals surface area contributed by atoms with Crippen molar-refractivity contribution in [3.63, 3.8) is 0 Å². The van der Waals surface area contributed by atoms with E-state index in [0.29, 0.717) is 6.79 Å². The fraction of sp³-hybridized carbons (Fsp3) is 0.185. The van der Waals surface area contributed by atoms with E-state index in [9.17, 15) is 0 Å². The third-order valence-corrected chi connectivity index (χ3v) is 5.58. The molecular formula is C27H28N2O7. The Bertz CT molecular complexity index is 1180. The number of hydrogen-bond acceptors (Lipinski definition) is 6. The van der Waals surface area contributed by atoms with Crippen molar-refractivity contribution in [2.75, 3.05) is 24.8 Å². The van der Waals surface area contributed by atoms with Gasteiger partial charge in [-0.2, -0.15) is 0 Å². The lowest BCUT2D eigenvalue weighted by molar-refractivity contribution is -0.159. The summed E-state index contributed by atoms with van der Waals surface area (Å²) < 4.78 is 10.8. The van der Waals surface area contributed by atoms with E-state index >= 15 is 0 Å². The molecule has 2 aliphatic rings. The largest absolute Gasteiger partial charge is 0.473 e. The molecule has 0 radical (unpaired) electrons. The molecule has 2 heterocycles. The molecule has 188 valence electrons. The van der Waals surface area contributed by atoms with Crippen molar-refractivity contribution in [3.05, 3.63) is 83.4 Å². The maximum absolute atomic E-state index is 9.10. The number of para-hydroxylation sites is 2. The molecule has 0 amide bonds. The summed E-state index contributed by atoms with van der Waals surface area (Å²) in [6.45, 7) is 3.05. The standard InChI is InChI=1S/C25H24N2O2.C2H2O4.H2O/c1-3-8-22-20(6-1)11-12-21-7-2-4-9-23(21)27(22)15-5-14-26-17-19-10-13-24-25(16-19)29-18-28-24;3-1(4)2(5)6;/h1-4,6-13,16,26H,5,14-15,17-18H2;(H,3,4)(H,5,6);1H2. The summed E-state index contributed by atoms with van der Waals surface area (Å²) >= 11 is 0. The maximum Gasteiger partial charge on any atom is 0.414 e. The average molecular weight is 493 g/mol. The number of carboxylic acids is 2. The molecule has 0 atom stereocenters. The van der Waals surface area contributed by atoms with Crippen LogP contribution in [0.3, 0.4) is 0 Å². The van der Waals surface area contributed by atoms with Gasteiger partial charge in [-0.05, 0) is 53.9 Å². The second kappa shape index (κ2) is 12.4. The van der Waals surface area contributed by atoms with E-state index in [-0.39, 0.29) is 5.48 Å². The molecule has 5 N–H and O–H groups in total. The first-order valence-electron chi connectivity index (χ1n) is 11.2. The van der Waals surface area contributed by atoms with E-state index in [2.05, 4.69) is 83.0 Å². The van der Waals surface area contributed by atoms with E-state index < -0.39 is 11.9 Å². The summed E-state index contributed by atoms with van der Waals surface area (Å²) in [6.07, 6.45) is 5.48. The van der Waals surface area contributed by atoms with E-state index in [1.165, 1.54) is 28.1 Å². The fourth-order valence-corrected chi connectivity index (χ4v) is 3.94. The van der Waals surface area contributed by atoms with Crippen molar-refractivity contribution < 1.29 is 34.8 Å². The van der Waals surface area contributed by atoms with E-state index in [4.69, 9.17) is 29.3 Å². The van der Waals surface area contributed by atoms with Crippen LogP contribution in [0, 0.1) is 0 Å². The molecule has 0 fully saturated rings. The van der Waals surface area contributed by atoms with Crippen LogP contribution in [0.2, 0.25) is 0 Å². The van der Waals surface area contributed by atoms with E-state index in [1.807, 2.05) is 6.07 Å². The van der Waals surface area contributed by atoms with Gasteiger partial charge in [0, 0.05) is 24.5 Å². The van der Waals surface area contributed by atoms with Crippen molar-refractivity contribution >= 4 is 35.5 Å². The normalized spacial score (nSPS) is 12.3. The second-order valence-electron chi connectivity index (χ2n) is 7.93. The van der Waals surface area contributed by atoms with Crippen LogP contribution >= 0.6 is 0 Å².